The Labute approximate surface area is 115 Å². The third-order valence-corrected chi connectivity index (χ3v) is 3.11. The number of aryl methyl sites for hydroxylation is 1. The van der Waals surface area contributed by atoms with E-state index in [4.69, 9.17) is 10.3 Å². The van der Waals surface area contributed by atoms with Gasteiger partial charge in [0.25, 0.3) is 0 Å². The van der Waals surface area contributed by atoms with Crippen molar-refractivity contribution in [2.24, 2.45) is 0 Å². The molecule has 2 heterocycles. The maximum absolute atomic E-state index is 11.4. The molecule has 0 saturated carbocycles. The fraction of sp³-hybridized carbons (Fsp3) is 0.0667. The molecular formula is C15H13N3O2. The first-order valence-electron chi connectivity index (χ1n) is 6.16. The second-order valence-corrected chi connectivity index (χ2v) is 4.58. The molecule has 0 bridgehead atoms. The SMILES string of the molecule is Cc1ccc(-c2c(-c3cc[nH]c(=O)c3)noc2N)cc1. The number of nitrogens with zero attached hydrogens (tertiary/aromatic N) is 1. The summed E-state index contributed by atoms with van der Waals surface area (Å²) in [5.41, 5.74) is 9.68. The van der Waals surface area contributed by atoms with Crippen LogP contribution in [0.1, 0.15) is 5.56 Å². The molecule has 5 heteroatoms. The summed E-state index contributed by atoms with van der Waals surface area (Å²) < 4.78 is 5.09. The number of aromatic amines is 1. The van der Waals surface area contributed by atoms with Gasteiger partial charge in [0.15, 0.2) is 0 Å². The van der Waals surface area contributed by atoms with Crippen LogP contribution in [0.4, 0.5) is 5.88 Å². The second-order valence-electron chi connectivity index (χ2n) is 4.58. The molecule has 0 aliphatic heterocycles. The smallest absolute Gasteiger partial charge is 0.248 e. The Morgan fingerprint density at radius 3 is 2.60 bits per heavy atom. The van der Waals surface area contributed by atoms with Crippen LogP contribution >= 0.6 is 0 Å². The van der Waals surface area contributed by atoms with Gasteiger partial charge in [-0.3, -0.25) is 4.79 Å². The minimum Gasteiger partial charge on any atom is -0.367 e. The van der Waals surface area contributed by atoms with E-state index in [1.807, 2.05) is 31.2 Å². The van der Waals surface area contributed by atoms with E-state index in [-0.39, 0.29) is 11.4 Å². The zero-order valence-electron chi connectivity index (χ0n) is 10.9. The van der Waals surface area contributed by atoms with Gasteiger partial charge >= 0.3 is 0 Å². The first-order chi connectivity index (χ1) is 9.65. The highest BCUT2D eigenvalue weighted by Crippen LogP contribution is 2.35. The van der Waals surface area contributed by atoms with E-state index in [0.717, 1.165) is 11.1 Å². The van der Waals surface area contributed by atoms with Crippen LogP contribution < -0.4 is 11.3 Å². The zero-order valence-corrected chi connectivity index (χ0v) is 10.9. The van der Waals surface area contributed by atoms with Gasteiger partial charge in [0.2, 0.25) is 11.4 Å². The summed E-state index contributed by atoms with van der Waals surface area (Å²) in [6, 6.07) is 11.1. The lowest BCUT2D eigenvalue weighted by Gasteiger charge is -2.03. The maximum atomic E-state index is 11.4. The zero-order chi connectivity index (χ0) is 14.1. The van der Waals surface area contributed by atoms with Crippen LogP contribution in [0.25, 0.3) is 22.4 Å². The average molecular weight is 267 g/mol. The Bertz CT molecular complexity index is 800. The number of pyridine rings is 1. The Hall–Kier alpha value is -2.82. The number of hydrogen-bond donors (Lipinski definition) is 2. The molecule has 0 saturated heterocycles. The molecule has 2 aromatic heterocycles. The Morgan fingerprint density at radius 2 is 1.90 bits per heavy atom. The van der Waals surface area contributed by atoms with Gasteiger partial charge in [-0.05, 0) is 18.6 Å². The van der Waals surface area contributed by atoms with E-state index in [9.17, 15) is 4.79 Å². The lowest BCUT2D eigenvalue weighted by molar-refractivity contribution is 0.439. The maximum Gasteiger partial charge on any atom is 0.248 e. The monoisotopic (exact) mass is 267 g/mol. The van der Waals surface area contributed by atoms with Crippen LogP contribution in [-0.2, 0) is 0 Å². The average Bonchev–Trinajstić information content (AvgIpc) is 2.82. The molecule has 1 aromatic carbocycles. The van der Waals surface area contributed by atoms with Crippen molar-refractivity contribution in [1.82, 2.24) is 10.1 Å². The summed E-state index contributed by atoms with van der Waals surface area (Å²) in [7, 11) is 0. The molecule has 0 spiro atoms. The van der Waals surface area contributed by atoms with Gasteiger partial charge < -0.3 is 15.2 Å². The molecule has 0 aliphatic rings. The number of anilines is 1. The van der Waals surface area contributed by atoms with Crippen molar-refractivity contribution in [1.29, 1.82) is 0 Å². The summed E-state index contributed by atoms with van der Waals surface area (Å²) in [4.78, 5) is 14.0. The number of aromatic nitrogens is 2. The molecular weight excluding hydrogens is 254 g/mol. The van der Waals surface area contributed by atoms with Crippen molar-refractivity contribution in [3.63, 3.8) is 0 Å². The van der Waals surface area contributed by atoms with Crippen LogP contribution in [0.2, 0.25) is 0 Å². The predicted octanol–water partition coefficient (Wildman–Crippen LogP) is 2.59. The number of nitrogen functional groups attached to an aromatic ring is 1. The lowest BCUT2D eigenvalue weighted by Crippen LogP contribution is -2.02. The largest absolute Gasteiger partial charge is 0.367 e. The summed E-state index contributed by atoms with van der Waals surface area (Å²) in [6.45, 7) is 2.01. The predicted molar refractivity (Wildman–Crippen MR) is 77.1 cm³/mol. The Morgan fingerprint density at radius 1 is 1.15 bits per heavy atom. The lowest BCUT2D eigenvalue weighted by atomic mass is 10.0. The quantitative estimate of drug-likeness (QED) is 0.747. The molecule has 3 aromatic rings. The molecule has 0 aliphatic carbocycles. The summed E-state index contributed by atoms with van der Waals surface area (Å²) >= 11 is 0. The molecule has 0 amide bonds. The van der Waals surface area contributed by atoms with Crippen molar-refractivity contribution in [3.05, 3.63) is 58.5 Å². The molecule has 0 unspecified atom stereocenters. The first-order valence-corrected chi connectivity index (χ1v) is 6.16. The van der Waals surface area contributed by atoms with Gasteiger partial charge in [0.1, 0.15) is 5.69 Å². The van der Waals surface area contributed by atoms with Crippen molar-refractivity contribution < 1.29 is 4.52 Å². The number of hydrogen-bond acceptors (Lipinski definition) is 4. The highest BCUT2D eigenvalue weighted by Gasteiger charge is 2.17. The minimum atomic E-state index is -0.195. The van der Waals surface area contributed by atoms with E-state index < -0.39 is 0 Å². The Balaban J connectivity index is 2.19. The van der Waals surface area contributed by atoms with E-state index >= 15 is 0 Å². The van der Waals surface area contributed by atoms with Crippen LogP contribution in [0.3, 0.4) is 0 Å². The van der Waals surface area contributed by atoms with Gasteiger partial charge in [-0.25, -0.2) is 0 Å². The minimum absolute atomic E-state index is 0.195. The highest BCUT2D eigenvalue weighted by molar-refractivity contribution is 5.86. The standard InChI is InChI=1S/C15H13N3O2/c1-9-2-4-10(5-3-9)13-14(18-20-15(13)16)11-6-7-17-12(19)8-11/h2-8H,16H2,1H3,(H,17,19). The van der Waals surface area contributed by atoms with Crippen molar-refractivity contribution >= 4 is 5.88 Å². The number of nitrogens with one attached hydrogen (secondary N) is 1. The van der Waals surface area contributed by atoms with Crippen molar-refractivity contribution in [3.8, 4) is 22.4 Å². The van der Waals surface area contributed by atoms with Crippen molar-refractivity contribution in [2.45, 2.75) is 6.92 Å². The Kier molecular flexibility index (Phi) is 2.87. The van der Waals surface area contributed by atoms with Gasteiger partial charge in [-0.1, -0.05) is 35.0 Å². The topological polar surface area (TPSA) is 84.9 Å². The van der Waals surface area contributed by atoms with Gasteiger partial charge in [-0.2, -0.15) is 0 Å². The first kappa shape index (κ1) is 12.2. The van der Waals surface area contributed by atoms with Crippen molar-refractivity contribution in [2.75, 3.05) is 5.73 Å². The van der Waals surface area contributed by atoms with E-state index in [1.54, 1.807) is 12.3 Å². The molecule has 3 N–H and O–H groups in total. The number of H-pyrrole nitrogens is 1. The van der Waals surface area contributed by atoms with Gasteiger partial charge in [-0.15, -0.1) is 0 Å². The molecule has 20 heavy (non-hydrogen) atoms. The van der Waals surface area contributed by atoms with Gasteiger partial charge in [0.05, 0.1) is 5.56 Å². The molecule has 0 atom stereocenters. The summed E-state index contributed by atoms with van der Waals surface area (Å²) in [5, 5.41) is 3.97. The summed E-state index contributed by atoms with van der Waals surface area (Å²) in [6.07, 6.45) is 1.57. The van der Waals surface area contributed by atoms with Crippen LogP contribution in [0.5, 0.6) is 0 Å². The molecule has 0 radical (unpaired) electrons. The third kappa shape index (κ3) is 2.09. The number of rotatable bonds is 2. The van der Waals surface area contributed by atoms with E-state index in [1.165, 1.54) is 6.07 Å². The van der Waals surface area contributed by atoms with E-state index in [0.29, 0.717) is 16.8 Å². The van der Waals surface area contributed by atoms with E-state index in [2.05, 4.69) is 10.1 Å². The van der Waals surface area contributed by atoms with Crippen LogP contribution in [0, 0.1) is 6.92 Å². The molecule has 3 rings (SSSR count). The number of nitrogens with two attached hydrogens (primary N) is 1. The second kappa shape index (κ2) is 4.70. The highest BCUT2D eigenvalue weighted by atomic mass is 16.5. The summed E-state index contributed by atoms with van der Waals surface area (Å²) in [5.74, 6) is 0.240. The normalized spacial score (nSPS) is 10.7. The number of benzene rings is 1. The van der Waals surface area contributed by atoms with Crippen LogP contribution in [0.15, 0.2) is 51.9 Å². The fourth-order valence-corrected chi connectivity index (χ4v) is 2.09. The molecule has 100 valence electrons. The van der Waals surface area contributed by atoms with Gasteiger partial charge in [0, 0.05) is 17.8 Å². The van der Waals surface area contributed by atoms with Crippen LogP contribution in [-0.4, -0.2) is 10.1 Å². The molecule has 0 fully saturated rings. The third-order valence-electron chi connectivity index (χ3n) is 3.11. The fourth-order valence-electron chi connectivity index (χ4n) is 2.09. The molecule has 5 nitrogen and oxygen atoms in total.